The molecule has 146 valence electrons. The summed E-state index contributed by atoms with van der Waals surface area (Å²) in [4.78, 5) is 20.9. The maximum absolute atomic E-state index is 12.3. The van der Waals surface area contributed by atoms with Crippen LogP contribution in [0.5, 0.6) is 0 Å². The summed E-state index contributed by atoms with van der Waals surface area (Å²) in [6.45, 7) is 1.15. The van der Waals surface area contributed by atoms with Gasteiger partial charge in [-0.3, -0.25) is 9.78 Å². The molecule has 1 amide bonds. The fourth-order valence-electron chi connectivity index (χ4n) is 2.86. The molecule has 0 saturated heterocycles. The van der Waals surface area contributed by atoms with E-state index in [-0.39, 0.29) is 5.91 Å². The molecule has 4 aromatic rings. The van der Waals surface area contributed by atoms with Gasteiger partial charge in [0, 0.05) is 36.3 Å². The smallest absolute Gasteiger partial charge is 0.273 e. The zero-order chi connectivity index (χ0) is 19.9. The van der Waals surface area contributed by atoms with Gasteiger partial charge in [-0.2, -0.15) is 0 Å². The largest absolute Gasteiger partial charge is 0.351 e. The van der Waals surface area contributed by atoms with Crippen molar-refractivity contribution in [1.29, 1.82) is 0 Å². The molecule has 1 aromatic carbocycles. The number of pyridine rings is 1. The zero-order valence-corrected chi connectivity index (χ0v) is 16.5. The number of aryl methyl sites for hydroxylation is 1. The van der Waals surface area contributed by atoms with Gasteiger partial charge in [0.2, 0.25) is 0 Å². The Bertz CT molecular complexity index is 1060. The second-order valence-electron chi connectivity index (χ2n) is 6.51. The fourth-order valence-corrected chi connectivity index (χ4v) is 3.71. The number of carbonyl (C=O) groups excluding carboxylic acids is 1. The third kappa shape index (κ3) is 5.11. The summed E-state index contributed by atoms with van der Waals surface area (Å²) >= 11 is 1.63. The van der Waals surface area contributed by atoms with Crippen LogP contribution >= 0.6 is 11.3 Å². The van der Waals surface area contributed by atoms with E-state index in [0.717, 1.165) is 34.7 Å². The van der Waals surface area contributed by atoms with E-state index in [0.29, 0.717) is 18.8 Å². The third-order valence-corrected chi connectivity index (χ3v) is 5.25. The topological polar surface area (TPSA) is 85.6 Å². The molecular formula is C21H20N6OS. The maximum Gasteiger partial charge on any atom is 0.273 e. The number of nitrogens with zero attached hydrogens (tertiary/aromatic N) is 5. The molecule has 0 bridgehead atoms. The molecule has 0 saturated carbocycles. The number of carbonyl (C=O) groups is 1. The molecule has 0 fully saturated rings. The average Bonchev–Trinajstić information content (AvgIpc) is 3.42. The Balaban J connectivity index is 1.23. The van der Waals surface area contributed by atoms with Gasteiger partial charge in [-0.1, -0.05) is 35.5 Å². The molecular weight excluding hydrogens is 384 g/mol. The summed E-state index contributed by atoms with van der Waals surface area (Å²) in [7, 11) is 0. The molecule has 4 rings (SSSR count). The number of thiazole rings is 1. The lowest BCUT2D eigenvalue weighted by atomic mass is 10.2. The van der Waals surface area contributed by atoms with Crippen LogP contribution in [0, 0.1) is 0 Å². The molecule has 8 heteroatoms. The second kappa shape index (κ2) is 9.20. The lowest BCUT2D eigenvalue weighted by molar-refractivity contribution is 0.0948. The van der Waals surface area contributed by atoms with Crippen molar-refractivity contribution >= 4 is 17.2 Å². The van der Waals surface area contributed by atoms with Crippen molar-refractivity contribution in [2.45, 2.75) is 19.4 Å². The van der Waals surface area contributed by atoms with E-state index in [1.165, 1.54) is 0 Å². The van der Waals surface area contributed by atoms with Gasteiger partial charge < -0.3 is 5.32 Å². The van der Waals surface area contributed by atoms with Crippen LogP contribution in [0.15, 0.2) is 66.4 Å². The highest BCUT2D eigenvalue weighted by molar-refractivity contribution is 7.09. The molecule has 0 radical (unpaired) electrons. The van der Waals surface area contributed by atoms with Gasteiger partial charge in [0.1, 0.15) is 0 Å². The number of amides is 1. The van der Waals surface area contributed by atoms with Crippen LogP contribution in [0.2, 0.25) is 0 Å². The van der Waals surface area contributed by atoms with Gasteiger partial charge in [0.15, 0.2) is 5.69 Å². The number of hydrogen-bond acceptors (Lipinski definition) is 6. The first kappa shape index (κ1) is 18.9. The molecule has 0 atom stereocenters. The first-order valence-corrected chi connectivity index (χ1v) is 10.2. The normalized spacial score (nSPS) is 10.8. The quantitative estimate of drug-likeness (QED) is 0.456. The highest BCUT2D eigenvalue weighted by Gasteiger charge is 2.11. The van der Waals surface area contributed by atoms with Gasteiger partial charge >= 0.3 is 0 Å². The second-order valence-corrected chi connectivity index (χ2v) is 7.45. The van der Waals surface area contributed by atoms with E-state index >= 15 is 0 Å². The van der Waals surface area contributed by atoms with E-state index in [1.807, 2.05) is 47.8 Å². The Morgan fingerprint density at radius 3 is 2.76 bits per heavy atom. The maximum atomic E-state index is 12.3. The van der Waals surface area contributed by atoms with Crippen molar-refractivity contribution in [3.8, 4) is 11.3 Å². The third-order valence-electron chi connectivity index (χ3n) is 4.34. The van der Waals surface area contributed by atoms with Gasteiger partial charge in [-0.25, -0.2) is 9.67 Å². The molecule has 3 heterocycles. The molecule has 1 N–H and O–H groups in total. The Morgan fingerprint density at radius 2 is 1.93 bits per heavy atom. The molecule has 3 aromatic heterocycles. The van der Waals surface area contributed by atoms with Gasteiger partial charge in [-0.15, -0.1) is 16.4 Å². The fraction of sp³-hybridized carbons (Fsp3) is 0.190. The van der Waals surface area contributed by atoms with Gasteiger partial charge in [-0.05, 0) is 24.1 Å². The molecule has 0 spiro atoms. The summed E-state index contributed by atoms with van der Waals surface area (Å²) in [5, 5.41) is 14.0. The predicted molar refractivity (Wildman–Crippen MR) is 112 cm³/mol. The van der Waals surface area contributed by atoms with Crippen LogP contribution in [0.1, 0.15) is 27.5 Å². The molecule has 7 nitrogen and oxygen atoms in total. The summed E-state index contributed by atoms with van der Waals surface area (Å²) in [5.74, 6) is -0.207. The summed E-state index contributed by atoms with van der Waals surface area (Å²) < 4.78 is 1.67. The van der Waals surface area contributed by atoms with Crippen LogP contribution in [0.3, 0.4) is 0 Å². The van der Waals surface area contributed by atoms with E-state index in [1.54, 1.807) is 34.6 Å². The molecule has 0 aliphatic heterocycles. The van der Waals surface area contributed by atoms with Crippen LogP contribution in [-0.2, 0) is 13.0 Å². The standard InChI is InChI=1S/C21H20N6OS/c28-21(18-14-27(26-25-18)13-16-5-2-1-3-6-16)23-10-4-7-20-24-19(15-29-20)17-8-11-22-12-9-17/h1-3,5-6,8-9,11-12,14-15H,4,7,10,13H2,(H,23,28). The summed E-state index contributed by atoms with van der Waals surface area (Å²) in [6, 6.07) is 13.8. The van der Waals surface area contributed by atoms with Gasteiger partial charge in [0.25, 0.3) is 5.91 Å². The summed E-state index contributed by atoms with van der Waals surface area (Å²) in [6.07, 6.45) is 6.83. The van der Waals surface area contributed by atoms with E-state index in [2.05, 4.69) is 25.6 Å². The molecule has 0 aliphatic carbocycles. The Kier molecular flexibility index (Phi) is 6.01. The average molecular weight is 404 g/mol. The van der Waals surface area contributed by atoms with E-state index in [9.17, 15) is 4.79 Å². The lowest BCUT2D eigenvalue weighted by Crippen LogP contribution is -2.25. The predicted octanol–water partition coefficient (Wildman–Crippen LogP) is 3.21. The van der Waals surface area contributed by atoms with Crippen molar-refractivity contribution in [2.24, 2.45) is 0 Å². The van der Waals surface area contributed by atoms with Crippen molar-refractivity contribution in [1.82, 2.24) is 30.3 Å². The van der Waals surface area contributed by atoms with E-state index < -0.39 is 0 Å². The zero-order valence-electron chi connectivity index (χ0n) is 15.7. The molecule has 0 aliphatic rings. The molecule has 29 heavy (non-hydrogen) atoms. The van der Waals surface area contributed by atoms with Gasteiger partial charge in [0.05, 0.1) is 23.4 Å². The van der Waals surface area contributed by atoms with Crippen LogP contribution in [0.25, 0.3) is 11.3 Å². The Hall–Kier alpha value is -3.39. The SMILES string of the molecule is O=C(NCCCc1nc(-c2ccncc2)cs1)c1cn(Cc2ccccc2)nn1. The number of hydrogen-bond donors (Lipinski definition) is 1. The number of rotatable bonds is 8. The van der Waals surface area contributed by atoms with E-state index in [4.69, 9.17) is 0 Å². The highest BCUT2D eigenvalue weighted by Crippen LogP contribution is 2.21. The number of benzene rings is 1. The van der Waals surface area contributed by atoms with Crippen molar-refractivity contribution in [3.63, 3.8) is 0 Å². The minimum absolute atomic E-state index is 0.207. The van der Waals surface area contributed by atoms with Crippen molar-refractivity contribution in [2.75, 3.05) is 6.54 Å². The minimum Gasteiger partial charge on any atom is -0.351 e. The van der Waals surface area contributed by atoms with Crippen LogP contribution in [-0.4, -0.2) is 37.4 Å². The molecule has 0 unspecified atom stereocenters. The number of nitrogens with one attached hydrogen (secondary N) is 1. The lowest BCUT2D eigenvalue weighted by Gasteiger charge is -2.02. The van der Waals surface area contributed by atoms with Crippen LogP contribution < -0.4 is 5.32 Å². The highest BCUT2D eigenvalue weighted by atomic mass is 32.1. The monoisotopic (exact) mass is 404 g/mol. The Labute approximate surface area is 172 Å². The first-order valence-electron chi connectivity index (χ1n) is 9.35. The summed E-state index contributed by atoms with van der Waals surface area (Å²) in [5.41, 5.74) is 3.47. The van der Waals surface area contributed by atoms with Crippen molar-refractivity contribution in [3.05, 3.63) is 82.7 Å². The van der Waals surface area contributed by atoms with Crippen LogP contribution in [0.4, 0.5) is 0 Å². The first-order chi connectivity index (χ1) is 14.3. The minimum atomic E-state index is -0.207. The number of aromatic nitrogens is 5. The Morgan fingerprint density at radius 1 is 1.10 bits per heavy atom. The van der Waals surface area contributed by atoms with Crippen molar-refractivity contribution < 1.29 is 4.79 Å².